The molecule has 0 atom stereocenters. The first-order chi connectivity index (χ1) is 12.3. The van der Waals surface area contributed by atoms with Crippen LogP contribution in [-0.4, -0.2) is 48.5 Å². The Morgan fingerprint density at radius 1 is 1.27 bits per heavy atom. The van der Waals surface area contributed by atoms with Gasteiger partial charge in [-0.25, -0.2) is 4.79 Å². The van der Waals surface area contributed by atoms with Crippen LogP contribution in [0.5, 0.6) is 5.75 Å². The summed E-state index contributed by atoms with van der Waals surface area (Å²) in [5.41, 5.74) is 0.444. The number of carbonyl (C=O) groups excluding carboxylic acids is 2. The second-order valence-corrected chi connectivity index (χ2v) is 5.65. The van der Waals surface area contributed by atoms with Gasteiger partial charge >= 0.3 is 5.97 Å². The van der Waals surface area contributed by atoms with Crippen LogP contribution < -0.4 is 10.1 Å². The number of furan rings is 1. The SMILES string of the molecule is COc1cccc(C(=O)NCC(=O)N(C)Cc2cc(C(=O)O)c(C)o2)c1. The zero-order valence-electron chi connectivity index (χ0n) is 14.7. The van der Waals surface area contributed by atoms with E-state index in [1.165, 1.54) is 18.1 Å². The lowest BCUT2D eigenvalue weighted by Gasteiger charge is -2.16. The number of nitrogens with zero attached hydrogens (tertiary/aromatic N) is 1. The highest BCUT2D eigenvalue weighted by Gasteiger charge is 2.17. The number of aromatic carboxylic acids is 1. The molecule has 0 bridgehead atoms. The summed E-state index contributed by atoms with van der Waals surface area (Å²) in [6, 6.07) is 7.97. The molecular weight excluding hydrogens is 340 g/mol. The van der Waals surface area contributed by atoms with E-state index in [0.717, 1.165) is 0 Å². The lowest BCUT2D eigenvalue weighted by Crippen LogP contribution is -2.37. The van der Waals surface area contributed by atoms with E-state index in [-0.39, 0.29) is 30.3 Å². The van der Waals surface area contributed by atoms with Crippen molar-refractivity contribution in [2.24, 2.45) is 0 Å². The smallest absolute Gasteiger partial charge is 0.339 e. The van der Waals surface area contributed by atoms with Crippen LogP contribution >= 0.6 is 0 Å². The molecule has 2 N–H and O–H groups in total. The normalized spacial score (nSPS) is 10.3. The first-order valence-corrected chi connectivity index (χ1v) is 7.80. The molecule has 1 heterocycles. The number of carbonyl (C=O) groups is 3. The summed E-state index contributed by atoms with van der Waals surface area (Å²) < 4.78 is 10.4. The first-order valence-electron chi connectivity index (χ1n) is 7.80. The fourth-order valence-corrected chi connectivity index (χ4v) is 2.31. The van der Waals surface area contributed by atoms with Gasteiger partial charge in [0.1, 0.15) is 22.8 Å². The molecule has 0 aliphatic heterocycles. The second-order valence-electron chi connectivity index (χ2n) is 5.65. The van der Waals surface area contributed by atoms with Crippen LogP contribution in [0, 0.1) is 6.92 Å². The number of nitrogens with one attached hydrogen (secondary N) is 1. The predicted molar refractivity (Wildman–Crippen MR) is 92.2 cm³/mol. The second kappa shape index (κ2) is 8.19. The highest BCUT2D eigenvalue weighted by Crippen LogP contribution is 2.16. The van der Waals surface area contributed by atoms with Crippen LogP contribution in [0.3, 0.4) is 0 Å². The van der Waals surface area contributed by atoms with Gasteiger partial charge in [0.25, 0.3) is 5.91 Å². The van der Waals surface area contributed by atoms with Crippen molar-refractivity contribution >= 4 is 17.8 Å². The van der Waals surface area contributed by atoms with E-state index in [1.807, 2.05) is 0 Å². The van der Waals surface area contributed by atoms with E-state index in [4.69, 9.17) is 14.3 Å². The average Bonchev–Trinajstić information content (AvgIpc) is 2.99. The lowest BCUT2D eigenvalue weighted by atomic mass is 10.2. The van der Waals surface area contributed by atoms with Crippen molar-refractivity contribution < 1.29 is 28.6 Å². The summed E-state index contributed by atoms with van der Waals surface area (Å²) in [4.78, 5) is 36.6. The van der Waals surface area contributed by atoms with Crippen molar-refractivity contribution in [2.75, 3.05) is 20.7 Å². The van der Waals surface area contributed by atoms with Gasteiger partial charge in [-0.15, -0.1) is 0 Å². The van der Waals surface area contributed by atoms with Gasteiger partial charge in [0.05, 0.1) is 20.2 Å². The number of benzene rings is 1. The summed E-state index contributed by atoms with van der Waals surface area (Å²) >= 11 is 0. The van der Waals surface area contributed by atoms with Crippen LogP contribution in [0.25, 0.3) is 0 Å². The maximum absolute atomic E-state index is 12.2. The first kappa shape index (κ1) is 19.0. The molecule has 0 spiro atoms. The van der Waals surface area contributed by atoms with Gasteiger partial charge in [-0.2, -0.15) is 0 Å². The molecule has 2 amide bonds. The molecular formula is C18H20N2O6. The van der Waals surface area contributed by atoms with E-state index >= 15 is 0 Å². The number of hydrogen-bond donors (Lipinski definition) is 2. The minimum atomic E-state index is -1.09. The maximum atomic E-state index is 12.2. The maximum Gasteiger partial charge on any atom is 0.339 e. The largest absolute Gasteiger partial charge is 0.497 e. The van der Waals surface area contributed by atoms with Gasteiger partial charge in [-0.05, 0) is 31.2 Å². The highest BCUT2D eigenvalue weighted by molar-refractivity contribution is 5.96. The fourth-order valence-electron chi connectivity index (χ4n) is 2.31. The number of amides is 2. The minimum absolute atomic E-state index is 0.0622. The molecule has 0 unspecified atom stereocenters. The van der Waals surface area contributed by atoms with Crippen LogP contribution in [0.1, 0.15) is 32.2 Å². The topological polar surface area (TPSA) is 109 Å². The fraction of sp³-hybridized carbons (Fsp3) is 0.278. The van der Waals surface area contributed by atoms with Crippen molar-refractivity contribution in [3.8, 4) is 5.75 Å². The molecule has 0 aliphatic rings. The summed E-state index contributed by atoms with van der Waals surface area (Å²) in [6.07, 6.45) is 0. The van der Waals surface area contributed by atoms with Crippen molar-refractivity contribution in [3.05, 3.63) is 53.0 Å². The molecule has 138 valence electrons. The molecule has 26 heavy (non-hydrogen) atoms. The van der Waals surface area contributed by atoms with Gasteiger partial charge in [0.15, 0.2) is 0 Å². The third kappa shape index (κ3) is 4.62. The molecule has 0 saturated carbocycles. The van der Waals surface area contributed by atoms with Crippen LogP contribution in [0.2, 0.25) is 0 Å². The Labute approximate surface area is 150 Å². The zero-order chi connectivity index (χ0) is 19.3. The predicted octanol–water partition coefficient (Wildman–Crippen LogP) is 1.68. The molecule has 0 fully saturated rings. The zero-order valence-corrected chi connectivity index (χ0v) is 14.7. The summed E-state index contributed by atoms with van der Waals surface area (Å²) in [5.74, 6) is -0.644. The van der Waals surface area contributed by atoms with E-state index in [2.05, 4.69) is 5.32 Å². The number of likely N-dealkylation sites (N-methyl/N-ethyl adjacent to an activating group) is 1. The Morgan fingerprint density at radius 2 is 2.00 bits per heavy atom. The molecule has 8 heteroatoms. The van der Waals surface area contributed by atoms with E-state index in [0.29, 0.717) is 17.1 Å². The Kier molecular flexibility index (Phi) is 6.00. The van der Waals surface area contributed by atoms with E-state index in [9.17, 15) is 14.4 Å². The van der Waals surface area contributed by atoms with Gasteiger partial charge < -0.3 is 24.5 Å². The van der Waals surface area contributed by atoms with Crippen molar-refractivity contribution in [3.63, 3.8) is 0 Å². The molecule has 2 aromatic rings. The van der Waals surface area contributed by atoms with Crippen LogP contribution in [0.4, 0.5) is 0 Å². The third-order valence-electron chi connectivity index (χ3n) is 3.75. The van der Waals surface area contributed by atoms with E-state index < -0.39 is 11.9 Å². The van der Waals surface area contributed by atoms with Gasteiger partial charge in [0, 0.05) is 12.6 Å². The summed E-state index contributed by atoms with van der Waals surface area (Å²) in [5, 5.41) is 11.6. The molecule has 2 rings (SSSR count). The molecule has 8 nitrogen and oxygen atoms in total. The Bertz CT molecular complexity index is 827. The molecule has 0 aliphatic carbocycles. The number of rotatable bonds is 7. The number of hydrogen-bond acceptors (Lipinski definition) is 5. The lowest BCUT2D eigenvalue weighted by molar-refractivity contribution is -0.129. The summed E-state index contributed by atoms with van der Waals surface area (Å²) in [6.45, 7) is 1.45. The van der Waals surface area contributed by atoms with E-state index in [1.54, 1.807) is 38.2 Å². The number of ether oxygens (including phenoxy) is 1. The number of aryl methyl sites for hydroxylation is 1. The average molecular weight is 360 g/mol. The highest BCUT2D eigenvalue weighted by atomic mass is 16.5. The van der Waals surface area contributed by atoms with Gasteiger partial charge in [-0.3, -0.25) is 9.59 Å². The summed E-state index contributed by atoms with van der Waals surface area (Å²) in [7, 11) is 3.04. The minimum Gasteiger partial charge on any atom is -0.497 e. The number of carboxylic acids is 1. The van der Waals surface area contributed by atoms with Crippen LogP contribution in [0.15, 0.2) is 34.7 Å². The van der Waals surface area contributed by atoms with Crippen molar-refractivity contribution in [1.29, 1.82) is 0 Å². The molecule has 0 saturated heterocycles. The standard InChI is InChI=1S/C18H20N2O6/c1-11-15(18(23)24)8-14(26-11)10-20(2)16(21)9-19-17(22)12-5-4-6-13(7-12)25-3/h4-8H,9-10H2,1-3H3,(H,19,22)(H,23,24). The Morgan fingerprint density at radius 3 is 2.62 bits per heavy atom. The number of carboxylic acid groups (broad SMARTS) is 1. The monoisotopic (exact) mass is 360 g/mol. The van der Waals surface area contributed by atoms with Crippen LogP contribution in [-0.2, 0) is 11.3 Å². The third-order valence-corrected chi connectivity index (χ3v) is 3.75. The Balaban J connectivity index is 1.91. The van der Waals surface area contributed by atoms with Crippen molar-refractivity contribution in [2.45, 2.75) is 13.5 Å². The van der Waals surface area contributed by atoms with Crippen molar-refractivity contribution in [1.82, 2.24) is 10.2 Å². The quantitative estimate of drug-likeness (QED) is 0.778. The van der Waals surface area contributed by atoms with Gasteiger partial charge in [-0.1, -0.05) is 6.07 Å². The molecule has 0 radical (unpaired) electrons. The number of methoxy groups -OCH3 is 1. The molecule has 1 aromatic carbocycles. The Hall–Kier alpha value is -3.29. The molecule has 1 aromatic heterocycles. The van der Waals surface area contributed by atoms with Gasteiger partial charge in [0.2, 0.25) is 5.91 Å².